The Morgan fingerprint density at radius 3 is 2.72 bits per heavy atom. The standard InChI is InChI=1S/C23H30Cl2N2OS/c1-22(2)14-8-9-23(3,12-14)21(22)26-20(28)16-13-27(10-5-11-29-4)19-15(16)6-7-17(24)18(19)25/h6-7,13-14,21H,5,8-12H2,1-4H3,(H,26,28). The highest BCUT2D eigenvalue weighted by atomic mass is 35.5. The van der Waals surface area contributed by atoms with Gasteiger partial charge in [-0.25, -0.2) is 0 Å². The zero-order chi connectivity index (χ0) is 21.0. The molecule has 0 radical (unpaired) electrons. The lowest BCUT2D eigenvalue weighted by molar-refractivity contribution is 0.0739. The summed E-state index contributed by atoms with van der Waals surface area (Å²) in [6.45, 7) is 7.79. The van der Waals surface area contributed by atoms with Gasteiger partial charge in [0.25, 0.3) is 5.91 Å². The number of thioether (sulfide) groups is 1. The highest BCUT2D eigenvalue weighted by Crippen LogP contribution is 2.62. The van der Waals surface area contributed by atoms with Crippen LogP contribution in [0.15, 0.2) is 18.3 Å². The Labute approximate surface area is 187 Å². The normalized spacial score (nSPS) is 27.7. The van der Waals surface area contributed by atoms with Gasteiger partial charge in [0.05, 0.1) is 21.1 Å². The molecule has 2 saturated carbocycles. The Bertz CT molecular complexity index is 949. The number of benzene rings is 1. The Morgan fingerprint density at radius 2 is 2.07 bits per heavy atom. The molecular weight excluding hydrogens is 423 g/mol. The number of hydrogen-bond donors (Lipinski definition) is 1. The fourth-order valence-corrected chi connectivity index (χ4v) is 6.78. The predicted octanol–water partition coefficient (Wildman–Crippen LogP) is 6.65. The molecule has 2 aliphatic carbocycles. The van der Waals surface area contributed by atoms with Crippen LogP contribution in [0, 0.1) is 16.7 Å². The second-order valence-electron chi connectivity index (χ2n) is 9.66. The first-order valence-electron chi connectivity index (χ1n) is 10.5. The molecule has 2 fully saturated rings. The van der Waals surface area contributed by atoms with Crippen LogP contribution in [-0.4, -0.2) is 28.5 Å². The molecule has 29 heavy (non-hydrogen) atoms. The minimum atomic E-state index is 0.00357. The van der Waals surface area contributed by atoms with Crippen LogP contribution in [0.3, 0.4) is 0 Å². The molecule has 158 valence electrons. The third-order valence-corrected chi connectivity index (χ3v) is 8.96. The summed E-state index contributed by atoms with van der Waals surface area (Å²) in [5, 5.41) is 5.37. The van der Waals surface area contributed by atoms with Crippen LogP contribution < -0.4 is 5.32 Å². The van der Waals surface area contributed by atoms with Gasteiger partial charge < -0.3 is 9.88 Å². The molecule has 2 bridgehead atoms. The maximum absolute atomic E-state index is 13.5. The summed E-state index contributed by atoms with van der Waals surface area (Å²) in [5.74, 6) is 1.76. The van der Waals surface area contributed by atoms with E-state index in [4.69, 9.17) is 23.2 Å². The molecule has 2 aliphatic rings. The van der Waals surface area contributed by atoms with Crippen LogP contribution in [0.1, 0.15) is 56.8 Å². The molecule has 1 aromatic carbocycles. The van der Waals surface area contributed by atoms with Gasteiger partial charge in [-0.05, 0) is 60.5 Å². The predicted molar refractivity (Wildman–Crippen MR) is 125 cm³/mol. The van der Waals surface area contributed by atoms with Gasteiger partial charge in [0.15, 0.2) is 0 Å². The summed E-state index contributed by atoms with van der Waals surface area (Å²) in [6.07, 6.45) is 8.77. The summed E-state index contributed by atoms with van der Waals surface area (Å²) in [6, 6.07) is 3.91. The van der Waals surface area contributed by atoms with Crippen LogP contribution >= 0.6 is 35.0 Å². The van der Waals surface area contributed by atoms with Crippen molar-refractivity contribution in [1.29, 1.82) is 0 Å². The van der Waals surface area contributed by atoms with Crippen LogP contribution in [0.25, 0.3) is 10.9 Å². The maximum atomic E-state index is 13.5. The van der Waals surface area contributed by atoms with E-state index in [0.717, 1.165) is 29.6 Å². The molecule has 2 aromatic rings. The number of halogens is 2. The number of nitrogens with one attached hydrogen (secondary N) is 1. The van der Waals surface area contributed by atoms with E-state index in [2.05, 4.69) is 36.9 Å². The van der Waals surface area contributed by atoms with Gasteiger partial charge in [0.1, 0.15) is 0 Å². The molecule has 3 unspecified atom stereocenters. The Balaban J connectivity index is 1.68. The van der Waals surface area contributed by atoms with E-state index in [1.807, 2.05) is 24.0 Å². The lowest BCUT2D eigenvalue weighted by atomic mass is 9.68. The SMILES string of the molecule is CSCCCn1cc(C(=O)NC2C3(C)CCC(C3)C2(C)C)c2ccc(Cl)c(Cl)c21. The van der Waals surface area contributed by atoms with E-state index in [9.17, 15) is 4.79 Å². The van der Waals surface area contributed by atoms with Gasteiger partial charge in [-0.2, -0.15) is 11.8 Å². The highest BCUT2D eigenvalue weighted by molar-refractivity contribution is 7.98. The van der Waals surface area contributed by atoms with Crippen molar-refractivity contribution in [3.05, 3.63) is 33.9 Å². The lowest BCUT2D eigenvalue weighted by Gasteiger charge is -2.43. The molecule has 1 N–H and O–H groups in total. The molecule has 0 spiro atoms. The minimum absolute atomic E-state index is 0.00357. The first-order chi connectivity index (χ1) is 13.7. The first kappa shape index (κ1) is 21.4. The molecule has 4 rings (SSSR count). The number of carbonyl (C=O) groups excluding carboxylic acids is 1. The van der Waals surface area contributed by atoms with E-state index in [-0.39, 0.29) is 22.8 Å². The Kier molecular flexibility index (Phi) is 5.67. The fourth-order valence-electron chi connectivity index (χ4n) is 5.94. The quantitative estimate of drug-likeness (QED) is 0.497. The number of rotatable bonds is 6. The van der Waals surface area contributed by atoms with Gasteiger partial charge >= 0.3 is 0 Å². The number of hydrogen-bond acceptors (Lipinski definition) is 2. The molecule has 1 aromatic heterocycles. The number of amides is 1. The second-order valence-corrected chi connectivity index (χ2v) is 11.4. The number of aromatic nitrogens is 1. The van der Waals surface area contributed by atoms with Crippen molar-refractivity contribution >= 4 is 51.8 Å². The first-order valence-corrected chi connectivity index (χ1v) is 12.6. The smallest absolute Gasteiger partial charge is 0.253 e. The van der Waals surface area contributed by atoms with Crippen molar-refractivity contribution in [3.63, 3.8) is 0 Å². The third kappa shape index (κ3) is 3.49. The molecule has 3 atom stereocenters. The van der Waals surface area contributed by atoms with Crippen molar-refractivity contribution in [2.45, 2.75) is 59.0 Å². The van der Waals surface area contributed by atoms with Gasteiger partial charge in [-0.1, -0.05) is 50.0 Å². The summed E-state index contributed by atoms with van der Waals surface area (Å²) in [5.41, 5.74) is 1.88. The summed E-state index contributed by atoms with van der Waals surface area (Å²) >= 11 is 14.7. The maximum Gasteiger partial charge on any atom is 0.253 e. The van der Waals surface area contributed by atoms with E-state index in [1.54, 1.807) is 6.07 Å². The van der Waals surface area contributed by atoms with Crippen LogP contribution in [0.2, 0.25) is 10.0 Å². The van der Waals surface area contributed by atoms with Crippen molar-refractivity contribution < 1.29 is 4.79 Å². The fraction of sp³-hybridized carbons (Fsp3) is 0.609. The molecule has 0 saturated heterocycles. The highest BCUT2D eigenvalue weighted by Gasteiger charge is 2.59. The van der Waals surface area contributed by atoms with Crippen LogP contribution in [-0.2, 0) is 6.54 Å². The van der Waals surface area contributed by atoms with E-state index < -0.39 is 0 Å². The summed E-state index contributed by atoms with van der Waals surface area (Å²) < 4.78 is 2.10. The van der Waals surface area contributed by atoms with E-state index in [0.29, 0.717) is 21.5 Å². The number of nitrogens with zero attached hydrogens (tertiary/aromatic N) is 1. The van der Waals surface area contributed by atoms with E-state index >= 15 is 0 Å². The van der Waals surface area contributed by atoms with Gasteiger partial charge in [-0.15, -0.1) is 0 Å². The van der Waals surface area contributed by atoms with E-state index in [1.165, 1.54) is 19.3 Å². The largest absolute Gasteiger partial charge is 0.348 e. The van der Waals surface area contributed by atoms with Gasteiger partial charge in [0.2, 0.25) is 0 Å². The van der Waals surface area contributed by atoms with Gasteiger partial charge in [-0.3, -0.25) is 4.79 Å². The zero-order valence-electron chi connectivity index (χ0n) is 17.6. The molecule has 0 aliphatic heterocycles. The Morgan fingerprint density at radius 1 is 1.31 bits per heavy atom. The minimum Gasteiger partial charge on any atom is -0.348 e. The number of carbonyl (C=O) groups is 1. The van der Waals surface area contributed by atoms with Crippen LogP contribution in [0.5, 0.6) is 0 Å². The average Bonchev–Trinajstić information content (AvgIpc) is 3.29. The van der Waals surface area contributed by atoms with Crippen molar-refractivity contribution in [3.8, 4) is 0 Å². The van der Waals surface area contributed by atoms with Gasteiger partial charge in [0, 0.05) is 24.2 Å². The van der Waals surface area contributed by atoms with Crippen molar-refractivity contribution in [2.75, 3.05) is 12.0 Å². The topological polar surface area (TPSA) is 34.0 Å². The average molecular weight is 453 g/mol. The van der Waals surface area contributed by atoms with Crippen molar-refractivity contribution in [1.82, 2.24) is 9.88 Å². The van der Waals surface area contributed by atoms with Crippen LogP contribution in [0.4, 0.5) is 0 Å². The zero-order valence-corrected chi connectivity index (χ0v) is 20.0. The molecule has 6 heteroatoms. The summed E-state index contributed by atoms with van der Waals surface area (Å²) in [4.78, 5) is 13.5. The Hall–Kier alpha value is -0.840. The van der Waals surface area contributed by atoms with Crippen molar-refractivity contribution in [2.24, 2.45) is 16.7 Å². The molecule has 1 heterocycles. The number of aryl methyl sites for hydroxylation is 1. The second kappa shape index (κ2) is 7.69. The molecule has 1 amide bonds. The third-order valence-electron chi connectivity index (χ3n) is 7.47. The monoisotopic (exact) mass is 452 g/mol. The number of fused-ring (bicyclic) bond motifs is 3. The molecule has 3 nitrogen and oxygen atoms in total. The molecular formula is C23H30Cl2N2OS. The summed E-state index contributed by atoms with van der Waals surface area (Å²) in [7, 11) is 0. The lowest BCUT2D eigenvalue weighted by Crippen LogP contribution is -2.52.